The molecule has 9 nitrogen and oxygen atoms in total. The fourth-order valence-electron chi connectivity index (χ4n) is 3.15. The zero-order valence-corrected chi connectivity index (χ0v) is 17.1. The second-order valence-electron chi connectivity index (χ2n) is 6.68. The standard InChI is InChI=1S/C21H22N4O5/c1-13-10-19(29-3)20(30-4)12-17(13)14(2)22-21(26)18-8-9-24(23-18)15-6-5-7-16(11-15)25(27)28/h5-12,14H,1-4H3,(H,22,26). The molecule has 1 atom stereocenters. The molecule has 156 valence electrons. The fraction of sp³-hybridized carbons (Fsp3) is 0.238. The van der Waals surface area contributed by atoms with Gasteiger partial charge in [0.25, 0.3) is 11.6 Å². The smallest absolute Gasteiger partial charge is 0.272 e. The summed E-state index contributed by atoms with van der Waals surface area (Å²) < 4.78 is 12.1. The molecular formula is C21H22N4O5. The Morgan fingerprint density at radius 3 is 2.53 bits per heavy atom. The number of hydrogen-bond acceptors (Lipinski definition) is 6. The van der Waals surface area contributed by atoms with Gasteiger partial charge in [-0.3, -0.25) is 14.9 Å². The molecule has 0 fully saturated rings. The van der Waals surface area contributed by atoms with E-state index in [1.165, 1.54) is 16.8 Å². The molecule has 0 radical (unpaired) electrons. The molecule has 0 spiro atoms. The summed E-state index contributed by atoms with van der Waals surface area (Å²) in [4.78, 5) is 23.2. The lowest BCUT2D eigenvalue weighted by Gasteiger charge is -2.18. The molecular weight excluding hydrogens is 388 g/mol. The number of aryl methyl sites for hydroxylation is 1. The largest absolute Gasteiger partial charge is 0.493 e. The molecule has 0 aliphatic carbocycles. The van der Waals surface area contributed by atoms with Crippen LogP contribution in [0.1, 0.15) is 34.6 Å². The molecule has 2 aromatic carbocycles. The first-order chi connectivity index (χ1) is 14.3. The van der Waals surface area contributed by atoms with E-state index in [0.717, 1.165) is 11.1 Å². The Hall–Kier alpha value is -3.88. The summed E-state index contributed by atoms with van der Waals surface area (Å²) in [5.74, 6) is 0.836. The van der Waals surface area contributed by atoms with Crippen LogP contribution < -0.4 is 14.8 Å². The molecule has 3 rings (SSSR count). The third-order valence-electron chi connectivity index (χ3n) is 4.71. The molecule has 0 aliphatic heterocycles. The molecule has 1 N–H and O–H groups in total. The Morgan fingerprint density at radius 1 is 1.17 bits per heavy atom. The summed E-state index contributed by atoms with van der Waals surface area (Å²) in [6.07, 6.45) is 1.58. The lowest BCUT2D eigenvalue weighted by Crippen LogP contribution is -2.27. The first-order valence-corrected chi connectivity index (χ1v) is 9.18. The second kappa shape index (κ2) is 8.64. The molecule has 1 amide bonds. The van der Waals surface area contributed by atoms with Gasteiger partial charge in [0.15, 0.2) is 17.2 Å². The quantitative estimate of drug-likeness (QED) is 0.471. The van der Waals surface area contributed by atoms with E-state index >= 15 is 0 Å². The van der Waals surface area contributed by atoms with Gasteiger partial charge in [-0.05, 0) is 49.2 Å². The minimum Gasteiger partial charge on any atom is -0.493 e. The van der Waals surface area contributed by atoms with Crippen molar-refractivity contribution in [3.8, 4) is 17.2 Å². The number of carbonyl (C=O) groups is 1. The summed E-state index contributed by atoms with van der Waals surface area (Å²) in [6, 6.07) is 11.0. The van der Waals surface area contributed by atoms with Gasteiger partial charge in [-0.1, -0.05) is 6.07 Å². The molecule has 1 aromatic heterocycles. The molecule has 0 saturated heterocycles. The third-order valence-corrected chi connectivity index (χ3v) is 4.71. The van der Waals surface area contributed by atoms with Crippen LogP contribution in [0.5, 0.6) is 11.5 Å². The van der Waals surface area contributed by atoms with Crippen molar-refractivity contribution >= 4 is 11.6 Å². The predicted molar refractivity (Wildman–Crippen MR) is 110 cm³/mol. The number of nitro groups is 1. The molecule has 1 unspecified atom stereocenters. The van der Waals surface area contributed by atoms with Crippen molar-refractivity contribution in [3.63, 3.8) is 0 Å². The van der Waals surface area contributed by atoms with Gasteiger partial charge in [-0.25, -0.2) is 4.68 Å². The zero-order valence-electron chi connectivity index (χ0n) is 17.1. The van der Waals surface area contributed by atoms with Crippen molar-refractivity contribution in [1.29, 1.82) is 0 Å². The van der Waals surface area contributed by atoms with Gasteiger partial charge in [0.1, 0.15) is 0 Å². The highest BCUT2D eigenvalue weighted by atomic mass is 16.6. The number of aromatic nitrogens is 2. The van der Waals surface area contributed by atoms with Gasteiger partial charge < -0.3 is 14.8 Å². The van der Waals surface area contributed by atoms with Crippen LogP contribution in [0.2, 0.25) is 0 Å². The number of carbonyl (C=O) groups excluding carboxylic acids is 1. The summed E-state index contributed by atoms with van der Waals surface area (Å²) in [5, 5.41) is 18.1. The molecule has 0 saturated carbocycles. The Balaban J connectivity index is 1.79. The first-order valence-electron chi connectivity index (χ1n) is 9.18. The van der Waals surface area contributed by atoms with Crippen LogP contribution in [0.25, 0.3) is 5.69 Å². The fourth-order valence-corrected chi connectivity index (χ4v) is 3.15. The van der Waals surface area contributed by atoms with E-state index < -0.39 is 4.92 Å². The summed E-state index contributed by atoms with van der Waals surface area (Å²) >= 11 is 0. The number of nitrogens with one attached hydrogen (secondary N) is 1. The van der Waals surface area contributed by atoms with Gasteiger partial charge >= 0.3 is 0 Å². The maximum absolute atomic E-state index is 12.7. The average Bonchev–Trinajstić information content (AvgIpc) is 3.24. The number of methoxy groups -OCH3 is 2. The van der Waals surface area contributed by atoms with E-state index in [1.807, 2.05) is 26.0 Å². The van der Waals surface area contributed by atoms with Gasteiger partial charge in [0.05, 0.1) is 30.9 Å². The van der Waals surface area contributed by atoms with Crippen LogP contribution in [0.4, 0.5) is 5.69 Å². The van der Waals surface area contributed by atoms with E-state index in [4.69, 9.17) is 9.47 Å². The highest BCUT2D eigenvalue weighted by Crippen LogP contribution is 2.32. The van der Waals surface area contributed by atoms with E-state index in [-0.39, 0.29) is 23.3 Å². The van der Waals surface area contributed by atoms with Crippen molar-refractivity contribution in [3.05, 3.63) is 75.6 Å². The van der Waals surface area contributed by atoms with Crippen molar-refractivity contribution in [2.45, 2.75) is 19.9 Å². The maximum atomic E-state index is 12.7. The van der Waals surface area contributed by atoms with Crippen LogP contribution in [0, 0.1) is 17.0 Å². The summed E-state index contributed by atoms with van der Waals surface area (Å²) in [5.41, 5.74) is 2.48. The van der Waals surface area contributed by atoms with Crippen LogP contribution in [0.3, 0.4) is 0 Å². The van der Waals surface area contributed by atoms with Crippen molar-refractivity contribution in [2.24, 2.45) is 0 Å². The van der Waals surface area contributed by atoms with Crippen LogP contribution >= 0.6 is 0 Å². The number of benzene rings is 2. The lowest BCUT2D eigenvalue weighted by molar-refractivity contribution is -0.384. The monoisotopic (exact) mass is 410 g/mol. The minimum absolute atomic E-state index is 0.0495. The number of hydrogen-bond donors (Lipinski definition) is 1. The SMILES string of the molecule is COc1cc(C)c(C(C)NC(=O)c2ccn(-c3cccc([N+](=O)[O-])c3)n2)cc1OC. The summed E-state index contributed by atoms with van der Waals surface area (Å²) in [6.45, 7) is 3.79. The number of non-ortho nitro benzene ring substituents is 1. The van der Waals surface area contributed by atoms with E-state index in [1.54, 1.807) is 38.6 Å². The van der Waals surface area contributed by atoms with Gasteiger partial charge in [-0.2, -0.15) is 5.10 Å². The zero-order chi connectivity index (χ0) is 21.8. The maximum Gasteiger partial charge on any atom is 0.272 e. The molecule has 0 bridgehead atoms. The highest BCUT2D eigenvalue weighted by molar-refractivity contribution is 5.92. The number of ether oxygens (including phenoxy) is 2. The Labute approximate surface area is 173 Å². The van der Waals surface area contributed by atoms with Crippen LogP contribution in [-0.2, 0) is 0 Å². The summed E-state index contributed by atoms with van der Waals surface area (Å²) in [7, 11) is 3.13. The molecule has 30 heavy (non-hydrogen) atoms. The average molecular weight is 410 g/mol. The number of amides is 1. The second-order valence-corrected chi connectivity index (χ2v) is 6.68. The Kier molecular flexibility index (Phi) is 6.01. The number of nitro benzene ring substituents is 1. The van der Waals surface area contributed by atoms with Gasteiger partial charge in [0.2, 0.25) is 0 Å². The molecule has 3 aromatic rings. The minimum atomic E-state index is -0.478. The molecule has 1 heterocycles. The Bertz CT molecular complexity index is 1090. The van der Waals surface area contributed by atoms with E-state index in [0.29, 0.717) is 17.2 Å². The third kappa shape index (κ3) is 4.24. The van der Waals surface area contributed by atoms with Crippen molar-refractivity contribution in [2.75, 3.05) is 14.2 Å². The number of nitrogens with zero attached hydrogens (tertiary/aromatic N) is 3. The van der Waals surface area contributed by atoms with E-state index in [9.17, 15) is 14.9 Å². The van der Waals surface area contributed by atoms with E-state index in [2.05, 4.69) is 10.4 Å². The Morgan fingerprint density at radius 2 is 1.87 bits per heavy atom. The van der Waals surface area contributed by atoms with Crippen molar-refractivity contribution < 1.29 is 19.2 Å². The first kappa shape index (κ1) is 20.8. The normalized spacial score (nSPS) is 11.6. The van der Waals surface area contributed by atoms with Gasteiger partial charge in [-0.15, -0.1) is 0 Å². The van der Waals surface area contributed by atoms with Crippen LogP contribution in [0.15, 0.2) is 48.7 Å². The topological polar surface area (TPSA) is 109 Å². The lowest BCUT2D eigenvalue weighted by atomic mass is 10.0. The predicted octanol–water partition coefficient (Wildman–Crippen LogP) is 3.60. The molecule has 0 aliphatic rings. The van der Waals surface area contributed by atoms with Crippen LogP contribution in [-0.4, -0.2) is 34.8 Å². The highest BCUT2D eigenvalue weighted by Gasteiger charge is 2.18. The van der Waals surface area contributed by atoms with Crippen molar-refractivity contribution in [1.82, 2.24) is 15.1 Å². The molecule has 9 heteroatoms. The number of rotatable bonds is 7. The van der Waals surface area contributed by atoms with Gasteiger partial charge in [0, 0.05) is 18.3 Å².